The molecule has 1 aliphatic heterocycles. The molecule has 6 rings (SSSR count). The molecule has 0 atom stereocenters. The van der Waals surface area contributed by atoms with Crippen LogP contribution in [0, 0.1) is 5.82 Å². The first-order chi connectivity index (χ1) is 20.0. The largest absolute Gasteiger partial charge is 0.354 e. The Morgan fingerprint density at radius 2 is 1.93 bits per heavy atom. The minimum Gasteiger partial charge on any atom is -0.354 e. The highest BCUT2D eigenvalue weighted by Gasteiger charge is 2.37. The Labute approximate surface area is 242 Å². The minimum atomic E-state index is -3.24. The van der Waals surface area contributed by atoms with Gasteiger partial charge < -0.3 is 14.7 Å². The molecule has 4 aromatic rings. The standard InChI is InChI=1S/C28H33FN8O4S/c1-28(2,3)27-32-26(41-35-27)25(38)31-15-17-5-4-16(14-21(17)29)20-8-11-30-23-22(20)24(34-33-23)37-12-9-18(10-13-37)36-42(39,40)19-6-7-19/h4-5,8,11,14,18-19,36H,6-7,9-10,12-13,15H2,1-3H3,(H,31,38)(H,30,33,34). The molecule has 0 radical (unpaired) electrons. The van der Waals surface area contributed by atoms with Gasteiger partial charge in [-0.15, -0.1) is 0 Å². The van der Waals surface area contributed by atoms with Gasteiger partial charge >= 0.3 is 11.8 Å². The fourth-order valence-electron chi connectivity index (χ4n) is 5.05. The molecule has 2 fully saturated rings. The summed E-state index contributed by atoms with van der Waals surface area (Å²) in [6.07, 6.45) is 4.43. The van der Waals surface area contributed by atoms with Crippen molar-refractivity contribution in [3.05, 3.63) is 53.6 Å². The van der Waals surface area contributed by atoms with Gasteiger partial charge in [-0.05, 0) is 48.9 Å². The van der Waals surface area contributed by atoms with Crippen LogP contribution in [0.25, 0.3) is 22.2 Å². The number of sulfonamides is 1. The SMILES string of the molecule is CC(C)(C)c1noc(C(=O)NCc2ccc(-c3ccnc4[nH]nc(N5CCC(NS(=O)(=O)C6CC6)CC5)c34)cc2F)n1. The zero-order valence-corrected chi connectivity index (χ0v) is 24.5. The second-order valence-electron chi connectivity index (χ2n) is 11.9. The molecule has 222 valence electrons. The molecular weight excluding hydrogens is 563 g/mol. The number of fused-ring (bicyclic) bond motifs is 1. The highest BCUT2D eigenvalue weighted by Crippen LogP contribution is 2.35. The first kappa shape index (κ1) is 28.2. The monoisotopic (exact) mass is 596 g/mol. The summed E-state index contributed by atoms with van der Waals surface area (Å²) < 4.78 is 47.9. The Balaban J connectivity index is 1.16. The first-order valence-corrected chi connectivity index (χ1v) is 15.5. The number of nitrogens with zero attached hydrogens (tertiary/aromatic N) is 5. The molecule has 2 aliphatic rings. The van der Waals surface area contributed by atoms with Crippen LogP contribution in [0.15, 0.2) is 35.0 Å². The molecule has 0 spiro atoms. The molecule has 3 N–H and O–H groups in total. The number of aromatic nitrogens is 5. The predicted molar refractivity (Wildman–Crippen MR) is 154 cm³/mol. The molecule has 12 nitrogen and oxygen atoms in total. The number of benzene rings is 1. The molecule has 1 aromatic carbocycles. The first-order valence-electron chi connectivity index (χ1n) is 14.0. The summed E-state index contributed by atoms with van der Waals surface area (Å²) in [6, 6.07) is 6.56. The summed E-state index contributed by atoms with van der Waals surface area (Å²) in [4.78, 5) is 23.2. The number of amides is 1. The molecule has 1 aliphatic carbocycles. The lowest BCUT2D eigenvalue weighted by Gasteiger charge is -2.32. The average molecular weight is 597 g/mol. The number of halogens is 1. The van der Waals surface area contributed by atoms with Crippen molar-refractivity contribution < 1.29 is 22.1 Å². The number of piperidine rings is 1. The fraction of sp³-hybridized carbons (Fsp3) is 0.464. The van der Waals surface area contributed by atoms with Crippen LogP contribution in [-0.4, -0.2) is 64.0 Å². The number of pyridine rings is 1. The highest BCUT2D eigenvalue weighted by molar-refractivity contribution is 7.90. The average Bonchev–Trinajstić information content (AvgIpc) is 3.54. The van der Waals surface area contributed by atoms with E-state index in [2.05, 4.69) is 40.3 Å². The van der Waals surface area contributed by atoms with Crippen LogP contribution in [0.4, 0.5) is 10.2 Å². The summed E-state index contributed by atoms with van der Waals surface area (Å²) in [7, 11) is -3.24. The highest BCUT2D eigenvalue weighted by atomic mass is 32.2. The van der Waals surface area contributed by atoms with E-state index in [1.165, 1.54) is 6.07 Å². The van der Waals surface area contributed by atoms with Crippen LogP contribution in [0.2, 0.25) is 0 Å². The van der Waals surface area contributed by atoms with Gasteiger partial charge in [-0.1, -0.05) is 38.1 Å². The number of rotatable bonds is 8. The van der Waals surface area contributed by atoms with Gasteiger partial charge in [0.1, 0.15) is 5.82 Å². The van der Waals surface area contributed by atoms with Gasteiger partial charge in [-0.25, -0.2) is 22.5 Å². The Kier molecular flexibility index (Phi) is 7.21. The lowest BCUT2D eigenvalue weighted by molar-refractivity contribution is 0.0906. The van der Waals surface area contributed by atoms with Crippen molar-refractivity contribution in [1.82, 2.24) is 35.4 Å². The topological polar surface area (TPSA) is 159 Å². The van der Waals surface area contributed by atoms with Crippen molar-refractivity contribution in [2.24, 2.45) is 0 Å². The van der Waals surface area contributed by atoms with Crippen LogP contribution in [0.3, 0.4) is 0 Å². The van der Waals surface area contributed by atoms with E-state index >= 15 is 4.39 Å². The number of hydrogen-bond acceptors (Lipinski definition) is 9. The van der Waals surface area contributed by atoms with Gasteiger partial charge in [-0.2, -0.15) is 10.1 Å². The number of nitrogens with one attached hydrogen (secondary N) is 3. The summed E-state index contributed by atoms with van der Waals surface area (Å²) in [5.74, 6) is -0.125. The van der Waals surface area contributed by atoms with Crippen molar-refractivity contribution in [1.29, 1.82) is 0 Å². The van der Waals surface area contributed by atoms with Gasteiger partial charge in [-0.3, -0.25) is 9.89 Å². The normalized spacial score (nSPS) is 16.7. The van der Waals surface area contributed by atoms with E-state index < -0.39 is 21.7 Å². The van der Waals surface area contributed by atoms with Crippen LogP contribution < -0.4 is 14.9 Å². The molecule has 0 unspecified atom stereocenters. The lowest BCUT2D eigenvalue weighted by atomic mass is 9.96. The number of carbonyl (C=O) groups is 1. The smallest absolute Gasteiger partial charge is 0.315 e. The number of H-pyrrole nitrogens is 1. The number of anilines is 1. The fourth-order valence-corrected chi connectivity index (χ4v) is 6.70. The van der Waals surface area contributed by atoms with Crippen LogP contribution in [0.1, 0.15) is 68.5 Å². The van der Waals surface area contributed by atoms with Crippen molar-refractivity contribution in [2.75, 3.05) is 18.0 Å². The van der Waals surface area contributed by atoms with Gasteiger partial charge in [0.15, 0.2) is 17.3 Å². The Bertz CT molecular complexity index is 1730. The molecule has 1 amide bonds. The second kappa shape index (κ2) is 10.7. The van der Waals surface area contributed by atoms with Gasteiger partial charge in [0.25, 0.3) is 0 Å². The van der Waals surface area contributed by atoms with Crippen LogP contribution in [0.5, 0.6) is 0 Å². The molecule has 1 saturated heterocycles. The zero-order chi connectivity index (χ0) is 29.6. The Morgan fingerprint density at radius 3 is 2.60 bits per heavy atom. The van der Waals surface area contributed by atoms with E-state index in [1.807, 2.05) is 26.8 Å². The van der Waals surface area contributed by atoms with Crippen LogP contribution in [-0.2, 0) is 22.0 Å². The van der Waals surface area contributed by atoms with Crippen molar-refractivity contribution >= 4 is 32.8 Å². The van der Waals surface area contributed by atoms with E-state index in [-0.39, 0.29) is 29.1 Å². The van der Waals surface area contributed by atoms with E-state index in [9.17, 15) is 13.2 Å². The quantitative estimate of drug-likeness (QED) is 0.277. The van der Waals surface area contributed by atoms with E-state index in [1.54, 1.807) is 18.3 Å². The predicted octanol–water partition coefficient (Wildman–Crippen LogP) is 3.43. The molecule has 4 heterocycles. The molecular formula is C28H33FN8O4S. The molecule has 0 bridgehead atoms. The molecule has 1 saturated carbocycles. The van der Waals surface area contributed by atoms with E-state index in [0.717, 1.165) is 23.8 Å². The third kappa shape index (κ3) is 5.73. The summed E-state index contributed by atoms with van der Waals surface area (Å²) in [6.45, 7) is 6.91. The maximum absolute atomic E-state index is 15.3. The third-order valence-corrected chi connectivity index (χ3v) is 9.64. The number of hydrogen-bond donors (Lipinski definition) is 3. The van der Waals surface area contributed by atoms with Crippen molar-refractivity contribution in [3.63, 3.8) is 0 Å². The van der Waals surface area contributed by atoms with Crippen molar-refractivity contribution in [2.45, 2.75) is 69.7 Å². The second-order valence-corrected chi connectivity index (χ2v) is 13.9. The number of aromatic amines is 1. The van der Waals surface area contributed by atoms with Gasteiger partial charge in [0.05, 0.1) is 10.6 Å². The van der Waals surface area contributed by atoms with Crippen LogP contribution >= 0.6 is 0 Å². The Morgan fingerprint density at radius 1 is 1.17 bits per heavy atom. The maximum atomic E-state index is 15.3. The molecule has 42 heavy (non-hydrogen) atoms. The van der Waals surface area contributed by atoms with Gasteiger partial charge in [0, 0.05) is 42.9 Å². The Hall–Kier alpha value is -3.91. The van der Waals surface area contributed by atoms with E-state index in [0.29, 0.717) is 54.3 Å². The summed E-state index contributed by atoms with van der Waals surface area (Å²) in [5, 5.41) is 14.5. The van der Waals surface area contributed by atoms with Gasteiger partial charge in [0.2, 0.25) is 10.0 Å². The lowest BCUT2D eigenvalue weighted by Crippen LogP contribution is -2.45. The maximum Gasteiger partial charge on any atom is 0.315 e. The summed E-state index contributed by atoms with van der Waals surface area (Å²) >= 11 is 0. The number of carbonyl (C=O) groups excluding carboxylic acids is 1. The van der Waals surface area contributed by atoms with Crippen molar-refractivity contribution in [3.8, 4) is 11.1 Å². The minimum absolute atomic E-state index is 0.0552. The molecule has 14 heteroatoms. The van der Waals surface area contributed by atoms with E-state index in [4.69, 9.17) is 4.52 Å². The third-order valence-electron chi connectivity index (χ3n) is 7.63. The zero-order valence-electron chi connectivity index (χ0n) is 23.6. The summed E-state index contributed by atoms with van der Waals surface area (Å²) in [5.41, 5.74) is 1.90. The molecule has 3 aromatic heterocycles.